The monoisotopic (exact) mass is 603 g/mol. The number of hydrogen-bond donors (Lipinski definition) is 2. The van der Waals surface area contributed by atoms with Gasteiger partial charge in [-0.2, -0.15) is 13.2 Å². The average molecular weight is 604 g/mol. The molecule has 0 saturated carbocycles. The SMILES string of the molecule is CCOC(=O)C1=C(CN2CCCN(C(=O)Nc3ccc(C(F)(F)F)cc3)CC2)N(CC)C(=O)N[C@@H]1c1ccccc1OC. The van der Waals surface area contributed by atoms with Crippen LogP contribution in [0.1, 0.15) is 37.4 Å². The van der Waals surface area contributed by atoms with Crippen molar-refractivity contribution in [1.29, 1.82) is 0 Å². The van der Waals surface area contributed by atoms with Gasteiger partial charge in [0.15, 0.2) is 0 Å². The zero-order valence-corrected chi connectivity index (χ0v) is 24.4. The van der Waals surface area contributed by atoms with Crippen LogP contribution < -0.4 is 15.4 Å². The molecule has 4 rings (SSSR count). The number of hydrogen-bond acceptors (Lipinski definition) is 6. The maximum absolute atomic E-state index is 13.4. The van der Waals surface area contributed by atoms with Gasteiger partial charge >= 0.3 is 24.2 Å². The van der Waals surface area contributed by atoms with Gasteiger partial charge in [-0.25, -0.2) is 14.4 Å². The largest absolute Gasteiger partial charge is 0.496 e. The summed E-state index contributed by atoms with van der Waals surface area (Å²) in [6.07, 6.45) is -3.85. The number of nitrogens with zero attached hydrogens (tertiary/aromatic N) is 3. The van der Waals surface area contributed by atoms with Crippen LogP contribution in [-0.4, -0.2) is 85.7 Å². The van der Waals surface area contributed by atoms with Gasteiger partial charge in [0.25, 0.3) is 0 Å². The number of carbonyl (C=O) groups is 3. The molecule has 2 aromatic carbocycles. The van der Waals surface area contributed by atoms with Crippen LogP contribution in [0.4, 0.5) is 28.4 Å². The quantitative estimate of drug-likeness (QED) is 0.418. The van der Waals surface area contributed by atoms with Gasteiger partial charge in [-0.05, 0) is 50.6 Å². The van der Waals surface area contributed by atoms with Gasteiger partial charge in [-0.3, -0.25) is 9.80 Å². The van der Waals surface area contributed by atoms with E-state index in [1.54, 1.807) is 36.1 Å². The fourth-order valence-corrected chi connectivity index (χ4v) is 5.28. The van der Waals surface area contributed by atoms with Crippen LogP contribution in [0.15, 0.2) is 59.8 Å². The second-order valence-electron chi connectivity index (χ2n) is 10.1. The molecule has 0 bridgehead atoms. The number of ether oxygens (including phenoxy) is 2. The summed E-state index contributed by atoms with van der Waals surface area (Å²) < 4.78 is 49.6. The van der Waals surface area contributed by atoms with Crippen LogP contribution in [0.25, 0.3) is 0 Å². The van der Waals surface area contributed by atoms with E-state index in [4.69, 9.17) is 9.47 Å². The topological polar surface area (TPSA) is 103 Å². The van der Waals surface area contributed by atoms with E-state index in [9.17, 15) is 27.6 Å². The molecular formula is C30H36F3N5O5. The van der Waals surface area contributed by atoms with Crippen molar-refractivity contribution in [3.8, 4) is 5.75 Å². The Labute approximate surface area is 248 Å². The molecule has 0 radical (unpaired) electrons. The lowest BCUT2D eigenvalue weighted by atomic mass is 9.93. The highest BCUT2D eigenvalue weighted by Crippen LogP contribution is 2.36. The minimum absolute atomic E-state index is 0.154. The number of halogens is 3. The van der Waals surface area contributed by atoms with E-state index in [-0.39, 0.29) is 24.9 Å². The predicted octanol–water partition coefficient (Wildman–Crippen LogP) is 4.86. The Balaban J connectivity index is 1.55. The predicted molar refractivity (Wildman–Crippen MR) is 153 cm³/mol. The number of urea groups is 2. The molecule has 13 heteroatoms. The molecule has 2 aliphatic rings. The maximum Gasteiger partial charge on any atom is 0.416 e. The van der Waals surface area contributed by atoms with Gasteiger partial charge in [0, 0.05) is 56.2 Å². The van der Waals surface area contributed by atoms with Gasteiger partial charge in [0.05, 0.1) is 30.9 Å². The van der Waals surface area contributed by atoms with Crippen LogP contribution in [0.5, 0.6) is 5.75 Å². The van der Waals surface area contributed by atoms with Crippen molar-refractivity contribution in [2.75, 3.05) is 58.3 Å². The average Bonchev–Trinajstić information content (AvgIpc) is 3.22. The Kier molecular flexibility index (Phi) is 10.2. The van der Waals surface area contributed by atoms with Crippen molar-refractivity contribution in [3.05, 3.63) is 70.9 Å². The highest BCUT2D eigenvalue weighted by Gasteiger charge is 2.39. The lowest BCUT2D eigenvalue weighted by Gasteiger charge is -2.38. The van der Waals surface area contributed by atoms with Crippen molar-refractivity contribution in [2.24, 2.45) is 0 Å². The number of likely N-dealkylation sites (N-methyl/N-ethyl adjacent to an activating group) is 1. The van der Waals surface area contributed by atoms with E-state index in [0.717, 1.165) is 12.1 Å². The lowest BCUT2D eigenvalue weighted by Crippen LogP contribution is -2.51. The minimum Gasteiger partial charge on any atom is -0.496 e. The third-order valence-electron chi connectivity index (χ3n) is 7.41. The first kappa shape index (κ1) is 31.7. The molecule has 2 heterocycles. The van der Waals surface area contributed by atoms with Crippen molar-refractivity contribution >= 4 is 23.7 Å². The number of carbonyl (C=O) groups excluding carboxylic acids is 3. The van der Waals surface area contributed by atoms with E-state index in [1.165, 1.54) is 24.1 Å². The van der Waals surface area contributed by atoms with Crippen molar-refractivity contribution in [2.45, 2.75) is 32.5 Å². The fraction of sp³-hybridized carbons (Fsp3) is 0.433. The van der Waals surface area contributed by atoms with Crippen LogP contribution in [0, 0.1) is 0 Å². The van der Waals surface area contributed by atoms with Gasteiger partial charge in [0.2, 0.25) is 0 Å². The molecule has 0 aliphatic carbocycles. The number of rotatable bonds is 8. The molecule has 10 nitrogen and oxygen atoms in total. The molecule has 2 N–H and O–H groups in total. The normalized spacial score (nSPS) is 18.2. The molecule has 0 unspecified atom stereocenters. The standard InChI is InChI=1S/C30H36F3N5O5/c1-4-38-23(25(27(39)43-5-2)26(35-29(38)41)22-9-6-7-10-24(22)42-3)19-36-15-8-16-37(18-17-36)28(40)34-21-13-11-20(12-14-21)30(31,32)33/h6-7,9-14,26H,4-5,8,15-19H2,1-3H3,(H,34,40)(H,35,41)/t26-/m1/s1. The number of amides is 4. The summed E-state index contributed by atoms with van der Waals surface area (Å²) in [4.78, 5) is 44.8. The number of methoxy groups -OCH3 is 1. The van der Waals surface area contributed by atoms with Gasteiger partial charge in [0.1, 0.15) is 5.75 Å². The maximum atomic E-state index is 13.4. The number of benzene rings is 2. The number of nitrogens with one attached hydrogen (secondary N) is 2. The Hall–Kier alpha value is -4.26. The second-order valence-corrected chi connectivity index (χ2v) is 10.1. The minimum atomic E-state index is -4.46. The summed E-state index contributed by atoms with van der Waals surface area (Å²) in [7, 11) is 1.52. The highest BCUT2D eigenvalue weighted by molar-refractivity contribution is 5.95. The van der Waals surface area contributed by atoms with Crippen LogP contribution >= 0.6 is 0 Å². The molecule has 0 aromatic heterocycles. The van der Waals surface area contributed by atoms with Crippen LogP contribution in [-0.2, 0) is 15.7 Å². The molecule has 4 amide bonds. The van der Waals surface area contributed by atoms with E-state index < -0.39 is 29.8 Å². The third-order valence-corrected chi connectivity index (χ3v) is 7.41. The van der Waals surface area contributed by atoms with Crippen LogP contribution in [0.2, 0.25) is 0 Å². The molecule has 0 spiro atoms. The van der Waals surface area contributed by atoms with Gasteiger partial charge in [-0.15, -0.1) is 0 Å². The smallest absolute Gasteiger partial charge is 0.416 e. The van der Waals surface area contributed by atoms with Gasteiger partial charge in [-0.1, -0.05) is 18.2 Å². The summed E-state index contributed by atoms with van der Waals surface area (Å²) >= 11 is 0. The fourth-order valence-electron chi connectivity index (χ4n) is 5.28. The van der Waals surface area contributed by atoms with E-state index in [0.29, 0.717) is 61.7 Å². The molecule has 1 atom stereocenters. The summed E-state index contributed by atoms with van der Waals surface area (Å²) in [5, 5.41) is 5.61. The Morgan fingerprint density at radius 1 is 1.02 bits per heavy atom. The zero-order valence-electron chi connectivity index (χ0n) is 24.4. The van der Waals surface area contributed by atoms with E-state index >= 15 is 0 Å². The molecular weight excluding hydrogens is 567 g/mol. The number of para-hydroxylation sites is 1. The molecule has 2 aliphatic heterocycles. The molecule has 1 saturated heterocycles. The molecule has 1 fully saturated rings. The Morgan fingerprint density at radius 3 is 2.40 bits per heavy atom. The van der Waals surface area contributed by atoms with E-state index in [2.05, 4.69) is 15.5 Å². The molecule has 43 heavy (non-hydrogen) atoms. The van der Waals surface area contributed by atoms with Crippen molar-refractivity contribution in [1.82, 2.24) is 20.0 Å². The summed E-state index contributed by atoms with van der Waals surface area (Å²) in [5.41, 5.74) is 0.921. The number of anilines is 1. The van der Waals surface area contributed by atoms with Gasteiger partial charge < -0.3 is 25.0 Å². The first-order valence-corrected chi connectivity index (χ1v) is 14.1. The molecule has 232 valence electrons. The second kappa shape index (κ2) is 13.8. The highest BCUT2D eigenvalue weighted by atomic mass is 19.4. The Morgan fingerprint density at radius 2 is 1.74 bits per heavy atom. The van der Waals surface area contributed by atoms with Crippen molar-refractivity contribution in [3.63, 3.8) is 0 Å². The first-order valence-electron chi connectivity index (χ1n) is 14.1. The van der Waals surface area contributed by atoms with Crippen molar-refractivity contribution < 1.29 is 37.0 Å². The Bertz CT molecular complexity index is 1350. The van der Waals surface area contributed by atoms with E-state index in [1.807, 2.05) is 6.92 Å². The van der Waals surface area contributed by atoms with Crippen LogP contribution in [0.3, 0.4) is 0 Å². The summed E-state index contributed by atoms with van der Waals surface area (Å²) in [5.74, 6) is -0.0254. The zero-order chi connectivity index (χ0) is 31.1. The molecule has 2 aromatic rings. The first-order chi connectivity index (χ1) is 20.6. The third kappa shape index (κ3) is 7.39. The number of esters is 1. The number of alkyl halides is 3. The lowest BCUT2D eigenvalue weighted by molar-refractivity contribution is -0.139. The summed E-state index contributed by atoms with van der Waals surface area (Å²) in [6.45, 7) is 6.06. The summed E-state index contributed by atoms with van der Waals surface area (Å²) in [6, 6.07) is 9.88.